The van der Waals surface area contributed by atoms with E-state index in [1.54, 1.807) is 0 Å². The number of nitrogens with zero attached hydrogens (tertiary/aromatic N) is 4. The van der Waals surface area contributed by atoms with Crippen LogP contribution in [0.4, 0.5) is 0 Å². The molecule has 0 bridgehead atoms. The summed E-state index contributed by atoms with van der Waals surface area (Å²) >= 11 is 0. The molecule has 0 radical (unpaired) electrons. The minimum absolute atomic E-state index is 1.17. The summed E-state index contributed by atoms with van der Waals surface area (Å²) in [5.41, 5.74) is 19.6. The van der Waals surface area contributed by atoms with Crippen LogP contribution in [-0.2, 0) is 0 Å². The Hall–Kier alpha value is -9.90. The normalized spacial score (nSPS) is 12.6. The zero-order valence-electron chi connectivity index (χ0n) is 39.9. The van der Waals surface area contributed by atoms with Gasteiger partial charge in [0.2, 0.25) is 0 Å². The average Bonchev–Trinajstić information content (AvgIpc) is 4.42. The van der Waals surface area contributed by atoms with Gasteiger partial charge in [0.1, 0.15) is 0 Å². The maximum absolute atomic E-state index is 2.62. The molecule has 0 aliphatic heterocycles. The molecule has 18 aromatic rings. The molecule has 4 heteroatoms. The minimum atomic E-state index is 1.17. The van der Waals surface area contributed by atoms with E-state index in [0.29, 0.717) is 0 Å². The first-order valence-electron chi connectivity index (χ1n) is 25.7. The molecule has 0 saturated carbocycles. The zero-order valence-corrected chi connectivity index (χ0v) is 39.9. The van der Waals surface area contributed by atoms with Crippen molar-refractivity contribution in [3.05, 3.63) is 243 Å². The monoisotopic (exact) mass is 936 g/mol. The Morgan fingerprint density at radius 1 is 0.216 bits per heavy atom. The smallest absolute Gasteiger partial charge is 0.0627 e. The molecule has 0 aliphatic rings. The van der Waals surface area contributed by atoms with Gasteiger partial charge in [0.05, 0.1) is 55.2 Å². The first-order valence-corrected chi connectivity index (χ1v) is 25.7. The van der Waals surface area contributed by atoms with Crippen LogP contribution in [0.1, 0.15) is 0 Å². The molecule has 0 aliphatic carbocycles. The summed E-state index contributed by atoms with van der Waals surface area (Å²) in [7, 11) is 0. The highest BCUT2D eigenvalue weighted by atomic mass is 15.0. The molecule has 0 amide bonds. The average molecular weight is 937 g/mol. The van der Waals surface area contributed by atoms with Crippen LogP contribution < -0.4 is 0 Å². The first kappa shape index (κ1) is 38.8. The van der Waals surface area contributed by atoms with Crippen LogP contribution in [-0.4, -0.2) is 17.9 Å². The quantitative estimate of drug-likeness (QED) is 0.167. The number of rotatable bonds is 4. The number of hydrogen-bond acceptors (Lipinski definition) is 0. The van der Waals surface area contributed by atoms with Gasteiger partial charge in [0.25, 0.3) is 0 Å². The number of aromatic nitrogens is 4. The van der Waals surface area contributed by atoms with Gasteiger partial charge >= 0.3 is 0 Å². The molecule has 0 spiro atoms. The van der Waals surface area contributed by atoms with Crippen LogP contribution in [0.2, 0.25) is 0 Å². The van der Waals surface area contributed by atoms with E-state index in [1.165, 1.54) is 164 Å². The molecule has 0 atom stereocenters. The second-order valence-corrected chi connectivity index (χ2v) is 20.3. The maximum atomic E-state index is 2.62. The predicted molar refractivity (Wildman–Crippen MR) is 313 cm³/mol. The number of fused-ring (bicyclic) bond motifs is 21. The molecule has 6 aromatic heterocycles. The molecule has 0 saturated heterocycles. The van der Waals surface area contributed by atoms with Gasteiger partial charge in [0.15, 0.2) is 0 Å². The van der Waals surface area contributed by atoms with Gasteiger partial charge in [-0.15, -0.1) is 0 Å². The van der Waals surface area contributed by atoms with Crippen LogP contribution in [0.15, 0.2) is 243 Å². The fourth-order valence-corrected chi connectivity index (χ4v) is 13.9. The van der Waals surface area contributed by atoms with E-state index in [9.17, 15) is 0 Å². The molecule has 6 heterocycles. The van der Waals surface area contributed by atoms with Crippen LogP contribution >= 0.6 is 0 Å². The third kappa shape index (κ3) is 4.79. The van der Waals surface area contributed by atoms with Crippen LogP contribution in [0, 0.1) is 0 Å². The molecule has 18 rings (SSSR count). The molecular formula is C70H40N4. The second kappa shape index (κ2) is 13.9. The topological polar surface area (TPSA) is 18.7 Å². The summed E-state index contributed by atoms with van der Waals surface area (Å²) in [6.45, 7) is 0. The summed E-state index contributed by atoms with van der Waals surface area (Å²) in [4.78, 5) is 0. The van der Waals surface area contributed by atoms with E-state index in [-0.39, 0.29) is 0 Å². The third-order valence-electron chi connectivity index (χ3n) is 16.8. The Balaban J connectivity index is 0.933. The van der Waals surface area contributed by atoms with Gasteiger partial charge in [-0.3, -0.25) is 0 Å². The SMILES string of the molecule is c1ccc(-n2c3ccccc3c3cc(-c4cccc5c6cccc7c8c9c%10cc%11ccccc%11c%11c%12cccc(-c%13ccc%14c(c%13)c%13ccccc%13n%14-c%13ccccc%13)c%12n(c9ccc8n(c45)c67)c%10%11)ccc32)cc1. The third-order valence-corrected chi connectivity index (χ3v) is 16.8. The van der Waals surface area contributed by atoms with Crippen LogP contribution in [0.25, 0.3) is 164 Å². The van der Waals surface area contributed by atoms with Gasteiger partial charge in [-0.2, -0.15) is 0 Å². The second-order valence-electron chi connectivity index (χ2n) is 20.3. The highest BCUT2D eigenvalue weighted by Gasteiger charge is 2.28. The van der Waals surface area contributed by atoms with Crippen molar-refractivity contribution in [2.45, 2.75) is 0 Å². The lowest BCUT2D eigenvalue weighted by atomic mass is 9.96. The Bertz CT molecular complexity index is 5420. The highest BCUT2D eigenvalue weighted by Crippen LogP contribution is 2.51. The van der Waals surface area contributed by atoms with Crippen molar-refractivity contribution in [2.75, 3.05) is 0 Å². The first-order chi connectivity index (χ1) is 36.8. The van der Waals surface area contributed by atoms with Crippen molar-refractivity contribution < 1.29 is 0 Å². The Kier molecular flexibility index (Phi) is 7.31. The van der Waals surface area contributed by atoms with Crippen molar-refractivity contribution >= 4 is 131 Å². The number of para-hydroxylation sites is 7. The zero-order chi connectivity index (χ0) is 47.9. The molecule has 340 valence electrons. The van der Waals surface area contributed by atoms with E-state index in [2.05, 4.69) is 261 Å². The summed E-state index contributed by atoms with van der Waals surface area (Å²) in [6.07, 6.45) is 0. The van der Waals surface area contributed by atoms with E-state index in [0.717, 1.165) is 0 Å². The van der Waals surface area contributed by atoms with Crippen LogP contribution in [0.5, 0.6) is 0 Å². The minimum Gasteiger partial charge on any atom is -0.309 e. The molecule has 74 heavy (non-hydrogen) atoms. The summed E-state index contributed by atoms with van der Waals surface area (Å²) in [6, 6.07) is 90.5. The summed E-state index contributed by atoms with van der Waals surface area (Å²) in [5.74, 6) is 0. The lowest BCUT2D eigenvalue weighted by molar-refractivity contribution is 1.18. The van der Waals surface area contributed by atoms with E-state index in [1.807, 2.05) is 0 Å². The van der Waals surface area contributed by atoms with E-state index < -0.39 is 0 Å². The summed E-state index contributed by atoms with van der Waals surface area (Å²) < 4.78 is 10.0. The number of hydrogen-bond donors (Lipinski definition) is 0. The Labute approximate surface area is 422 Å². The predicted octanol–water partition coefficient (Wildman–Crippen LogP) is 18.7. The van der Waals surface area contributed by atoms with Crippen molar-refractivity contribution in [1.29, 1.82) is 0 Å². The largest absolute Gasteiger partial charge is 0.309 e. The van der Waals surface area contributed by atoms with Crippen molar-refractivity contribution in [3.63, 3.8) is 0 Å². The lowest BCUT2D eigenvalue weighted by Gasteiger charge is -2.10. The van der Waals surface area contributed by atoms with Gasteiger partial charge in [-0.05, 0) is 101 Å². The van der Waals surface area contributed by atoms with Crippen molar-refractivity contribution in [3.8, 4) is 33.6 Å². The Morgan fingerprint density at radius 3 is 1.24 bits per heavy atom. The Morgan fingerprint density at radius 2 is 0.635 bits per heavy atom. The number of benzene rings is 12. The van der Waals surface area contributed by atoms with Crippen molar-refractivity contribution in [1.82, 2.24) is 17.9 Å². The van der Waals surface area contributed by atoms with Gasteiger partial charge in [0, 0.05) is 87.1 Å². The fraction of sp³-hybridized carbons (Fsp3) is 0. The molecule has 0 N–H and O–H groups in total. The molecule has 0 unspecified atom stereocenters. The van der Waals surface area contributed by atoms with E-state index >= 15 is 0 Å². The standard InChI is InChI=1S/C70H40N4/c1-3-17-44(18-4-1)71-58-30-11-9-22-49(58)55-38-42(32-34-60(55)71)47-24-13-26-51-52-27-15-29-54-65-62(73(67(47)51)69(52)54)36-37-63-66(65)57-40-41-16-7-8-21-46(41)64-53-28-14-25-48(68(53)74(63)70(57)64)43-33-35-61-56(39-43)50-23-10-12-31-59(50)72(61)45-19-5-2-6-20-45/h1-40H. The molecule has 4 nitrogen and oxygen atoms in total. The van der Waals surface area contributed by atoms with Gasteiger partial charge in [-0.25, -0.2) is 0 Å². The molecule has 0 fully saturated rings. The van der Waals surface area contributed by atoms with Crippen LogP contribution in [0.3, 0.4) is 0 Å². The molecule has 12 aromatic carbocycles. The van der Waals surface area contributed by atoms with Gasteiger partial charge < -0.3 is 17.9 Å². The van der Waals surface area contributed by atoms with Crippen molar-refractivity contribution in [2.24, 2.45) is 0 Å². The lowest BCUT2D eigenvalue weighted by Crippen LogP contribution is -1.93. The molecular weight excluding hydrogens is 897 g/mol. The van der Waals surface area contributed by atoms with Gasteiger partial charge in [-0.1, -0.05) is 164 Å². The fourth-order valence-electron chi connectivity index (χ4n) is 13.9. The highest BCUT2D eigenvalue weighted by molar-refractivity contribution is 6.39. The maximum Gasteiger partial charge on any atom is 0.0627 e. The summed E-state index contributed by atoms with van der Waals surface area (Å²) in [5, 5.41) is 17.9. The van der Waals surface area contributed by atoms with E-state index in [4.69, 9.17) is 0 Å².